The van der Waals surface area contributed by atoms with Crippen molar-refractivity contribution in [1.29, 1.82) is 0 Å². The van der Waals surface area contributed by atoms with Crippen LogP contribution in [-0.4, -0.2) is 6.61 Å². The Hall–Kier alpha value is -0.500. The van der Waals surface area contributed by atoms with Gasteiger partial charge < -0.3 is 0 Å². The number of rotatable bonds is 4. The molecule has 2 nitrogen and oxygen atoms in total. The minimum atomic E-state index is 0.803. The van der Waals surface area contributed by atoms with Gasteiger partial charge in [-0.05, 0) is 32.1 Å². The van der Waals surface area contributed by atoms with Crippen molar-refractivity contribution in [3.05, 3.63) is 11.8 Å². The molecule has 0 fully saturated rings. The van der Waals surface area contributed by atoms with Gasteiger partial charge in [-0.2, -0.15) is 0 Å². The summed E-state index contributed by atoms with van der Waals surface area (Å²) in [5, 5.41) is 0. The average molecular weight is 155 g/mol. The van der Waals surface area contributed by atoms with Crippen LogP contribution in [0.4, 0.5) is 0 Å². The van der Waals surface area contributed by atoms with Crippen molar-refractivity contribution in [1.82, 2.24) is 5.48 Å². The summed E-state index contributed by atoms with van der Waals surface area (Å²) in [6.07, 6.45) is 8.30. The van der Waals surface area contributed by atoms with E-state index < -0.39 is 0 Å². The highest BCUT2D eigenvalue weighted by atomic mass is 16.6. The fourth-order valence-electron chi connectivity index (χ4n) is 1.18. The fraction of sp³-hybridized carbons (Fsp3) is 0.778. The van der Waals surface area contributed by atoms with Crippen LogP contribution in [-0.2, 0) is 4.84 Å². The van der Waals surface area contributed by atoms with Gasteiger partial charge in [-0.3, -0.25) is 10.3 Å². The summed E-state index contributed by atoms with van der Waals surface area (Å²) in [5.74, 6) is 0. The molecule has 11 heavy (non-hydrogen) atoms. The zero-order valence-electron chi connectivity index (χ0n) is 7.23. The first-order valence-corrected chi connectivity index (χ1v) is 4.50. The van der Waals surface area contributed by atoms with Gasteiger partial charge in [0.2, 0.25) is 0 Å². The highest BCUT2D eigenvalue weighted by Crippen LogP contribution is 2.14. The molecule has 0 radical (unpaired) electrons. The van der Waals surface area contributed by atoms with Gasteiger partial charge in [0, 0.05) is 5.70 Å². The normalized spacial score (nSPS) is 17.7. The van der Waals surface area contributed by atoms with E-state index in [0.29, 0.717) is 0 Å². The molecule has 0 aromatic heterocycles. The maximum atomic E-state index is 5.20. The van der Waals surface area contributed by atoms with E-state index in [-0.39, 0.29) is 0 Å². The second kappa shape index (κ2) is 5.19. The molecule has 0 amide bonds. The maximum Gasteiger partial charge on any atom is 0.0743 e. The van der Waals surface area contributed by atoms with Crippen molar-refractivity contribution in [2.45, 2.75) is 39.0 Å². The minimum Gasteiger partial charge on any atom is -0.276 e. The number of hydrogen-bond acceptors (Lipinski definition) is 2. The van der Waals surface area contributed by atoms with E-state index in [1.165, 1.54) is 25.0 Å². The van der Waals surface area contributed by atoms with Crippen LogP contribution in [0, 0.1) is 0 Å². The summed E-state index contributed by atoms with van der Waals surface area (Å²) in [5.41, 5.74) is 4.25. The second-order valence-corrected chi connectivity index (χ2v) is 2.93. The van der Waals surface area contributed by atoms with Crippen LogP contribution in [0.15, 0.2) is 11.8 Å². The lowest BCUT2D eigenvalue weighted by molar-refractivity contribution is 0.0597. The first kappa shape index (κ1) is 8.60. The average Bonchev–Trinajstić information content (AvgIpc) is 2.07. The summed E-state index contributed by atoms with van der Waals surface area (Å²) >= 11 is 0. The molecule has 0 aromatic carbocycles. The predicted octanol–water partition coefficient (Wildman–Crippen LogP) is 2.38. The third-order valence-corrected chi connectivity index (χ3v) is 1.80. The monoisotopic (exact) mass is 155 g/mol. The molecule has 0 unspecified atom stereocenters. The smallest absolute Gasteiger partial charge is 0.0743 e. The van der Waals surface area contributed by atoms with Crippen LogP contribution >= 0.6 is 0 Å². The van der Waals surface area contributed by atoms with Gasteiger partial charge in [0.25, 0.3) is 0 Å². The Morgan fingerprint density at radius 3 is 3.09 bits per heavy atom. The molecule has 0 saturated carbocycles. The van der Waals surface area contributed by atoms with Gasteiger partial charge in [0.1, 0.15) is 0 Å². The molecule has 0 aromatic rings. The number of hydroxylamine groups is 1. The first-order chi connectivity index (χ1) is 5.43. The van der Waals surface area contributed by atoms with E-state index in [1.807, 2.05) is 0 Å². The van der Waals surface area contributed by atoms with Gasteiger partial charge in [0.15, 0.2) is 0 Å². The van der Waals surface area contributed by atoms with Crippen molar-refractivity contribution >= 4 is 0 Å². The van der Waals surface area contributed by atoms with Crippen LogP contribution < -0.4 is 5.48 Å². The van der Waals surface area contributed by atoms with Crippen LogP contribution in [0.2, 0.25) is 0 Å². The number of allylic oxidation sites excluding steroid dienone is 2. The zero-order valence-corrected chi connectivity index (χ0v) is 7.23. The highest BCUT2D eigenvalue weighted by molar-refractivity contribution is 5.00. The predicted molar refractivity (Wildman–Crippen MR) is 45.9 cm³/mol. The summed E-state index contributed by atoms with van der Waals surface area (Å²) < 4.78 is 0. The van der Waals surface area contributed by atoms with E-state index in [0.717, 1.165) is 19.4 Å². The quantitative estimate of drug-likeness (QED) is 0.497. The van der Waals surface area contributed by atoms with Crippen molar-refractivity contribution in [2.24, 2.45) is 0 Å². The van der Waals surface area contributed by atoms with Gasteiger partial charge in [0.05, 0.1) is 6.61 Å². The molecular formula is C9H17NO. The van der Waals surface area contributed by atoms with Crippen molar-refractivity contribution in [3.63, 3.8) is 0 Å². The summed E-state index contributed by atoms with van der Waals surface area (Å²) in [7, 11) is 0. The summed E-state index contributed by atoms with van der Waals surface area (Å²) in [6.45, 7) is 2.91. The Kier molecular flexibility index (Phi) is 4.06. The van der Waals surface area contributed by atoms with Gasteiger partial charge in [-0.25, -0.2) is 0 Å². The molecule has 0 heterocycles. The third kappa shape index (κ3) is 3.42. The van der Waals surface area contributed by atoms with Crippen LogP contribution in [0.1, 0.15) is 39.0 Å². The molecule has 2 heteroatoms. The number of nitrogens with one attached hydrogen (secondary N) is 1. The van der Waals surface area contributed by atoms with Crippen LogP contribution in [0.5, 0.6) is 0 Å². The maximum absolute atomic E-state index is 5.20. The Morgan fingerprint density at radius 1 is 1.55 bits per heavy atom. The summed E-state index contributed by atoms with van der Waals surface area (Å²) in [4.78, 5) is 5.20. The molecule has 0 spiro atoms. The van der Waals surface area contributed by atoms with Crippen molar-refractivity contribution < 1.29 is 4.84 Å². The van der Waals surface area contributed by atoms with Gasteiger partial charge in [-0.1, -0.05) is 13.0 Å². The largest absolute Gasteiger partial charge is 0.276 e. The topological polar surface area (TPSA) is 21.3 Å². The standard InChI is InChI=1S/C9H17NO/c1-2-8-11-10-9-6-4-3-5-7-9/h6,10H,2-5,7-8H2,1H3. The lowest BCUT2D eigenvalue weighted by atomic mass is 10.1. The Balaban J connectivity index is 2.09. The summed E-state index contributed by atoms with van der Waals surface area (Å²) in [6, 6.07) is 0. The molecule has 0 saturated heterocycles. The molecule has 1 rings (SSSR count). The lowest BCUT2D eigenvalue weighted by Gasteiger charge is -2.13. The minimum absolute atomic E-state index is 0.803. The van der Waals surface area contributed by atoms with Crippen LogP contribution in [0.25, 0.3) is 0 Å². The molecule has 1 N–H and O–H groups in total. The Labute approximate surface area is 68.6 Å². The van der Waals surface area contributed by atoms with E-state index in [1.54, 1.807) is 0 Å². The highest BCUT2D eigenvalue weighted by Gasteiger charge is 2.01. The van der Waals surface area contributed by atoms with E-state index >= 15 is 0 Å². The van der Waals surface area contributed by atoms with E-state index in [9.17, 15) is 0 Å². The fourth-order valence-corrected chi connectivity index (χ4v) is 1.18. The van der Waals surface area contributed by atoms with E-state index in [4.69, 9.17) is 4.84 Å². The Morgan fingerprint density at radius 2 is 2.45 bits per heavy atom. The molecule has 64 valence electrons. The van der Waals surface area contributed by atoms with Crippen molar-refractivity contribution in [3.8, 4) is 0 Å². The molecular weight excluding hydrogens is 138 g/mol. The first-order valence-electron chi connectivity index (χ1n) is 4.50. The molecule has 1 aliphatic carbocycles. The second-order valence-electron chi connectivity index (χ2n) is 2.93. The van der Waals surface area contributed by atoms with Crippen LogP contribution in [0.3, 0.4) is 0 Å². The third-order valence-electron chi connectivity index (χ3n) is 1.80. The molecule has 0 atom stereocenters. The zero-order chi connectivity index (χ0) is 7.94. The Bertz CT molecular complexity index is 132. The van der Waals surface area contributed by atoms with E-state index in [2.05, 4.69) is 18.5 Å². The molecule has 0 aliphatic heterocycles. The van der Waals surface area contributed by atoms with Gasteiger partial charge >= 0.3 is 0 Å². The van der Waals surface area contributed by atoms with Crippen molar-refractivity contribution in [2.75, 3.05) is 6.61 Å². The molecule has 0 bridgehead atoms. The SMILES string of the molecule is CCCONC1=CCCCC1. The molecule has 1 aliphatic rings. The number of hydrogen-bond donors (Lipinski definition) is 1. The van der Waals surface area contributed by atoms with Gasteiger partial charge in [-0.15, -0.1) is 0 Å². The lowest BCUT2D eigenvalue weighted by Crippen LogP contribution is -2.16.